The van der Waals surface area contributed by atoms with Crippen molar-refractivity contribution in [1.82, 2.24) is 34.0 Å². The predicted octanol–water partition coefficient (Wildman–Crippen LogP) is -3.85. The Balaban J connectivity index is 1.33. The molecule has 0 aromatic carbocycles. The van der Waals surface area contributed by atoms with E-state index in [2.05, 4.69) is 19.9 Å². The number of nitrogens with two attached hydrogens (primary N) is 3. The topological polar surface area (TPSA) is 296 Å². The van der Waals surface area contributed by atoms with Crippen LogP contribution >= 0.6 is 0 Å². The van der Waals surface area contributed by atoms with Crippen molar-refractivity contribution in [2.75, 3.05) is 37.7 Å². The molecule has 0 aliphatic carbocycles. The van der Waals surface area contributed by atoms with Gasteiger partial charge in [0.05, 0.1) is 19.0 Å². The predicted molar refractivity (Wildman–Crippen MR) is 151 cm³/mol. The Kier molecular flexibility index (Phi) is 9.37. The summed E-state index contributed by atoms with van der Waals surface area (Å²) in [5.41, 5.74) is 18.1. The largest absolute Gasteiger partial charge is 0.480 e. The molecule has 3 aromatic heterocycles. The maximum absolute atomic E-state index is 12.6. The molecule has 2 fully saturated rings. The summed E-state index contributed by atoms with van der Waals surface area (Å²) in [6.45, 7) is 0.0725. The molecule has 5 heterocycles. The first-order chi connectivity index (χ1) is 21.0. The van der Waals surface area contributed by atoms with Gasteiger partial charge in [0.1, 0.15) is 54.3 Å². The number of hydrogen-bond acceptors (Lipinski definition) is 16. The monoisotopic (exact) mass is 620 g/mol. The van der Waals surface area contributed by atoms with Gasteiger partial charge >= 0.3 is 11.7 Å². The van der Waals surface area contributed by atoms with E-state index in [1.807, 2.05) is 0 Å². The molecule has 0 radical (unpaired) electrons. The Labute approximate surface area is 249 Å². The van der Waals surface area contributed by atoms with Crippen LogP contribution in [0.3, 0.4) is 0 Å². The Morgan fingerprint density at radius 2 is 1.84 bits per heavy atom. The highest BCUT2D eigenvalue weighted by molar-refractivity contribution is 5.81. The van der Waals surface area contributed by atoms with Gasteiger partial charge in [-0.25, -0.2) is 19.7 Å². The standard InChI is InChI=1S/C25H36N10O9/c26-12(24(40)41)2-4-33(3-1-11-6-34(25(42)32-20(11)27)16-5-13(37)15(8-36)43-16)7-14-18(38)19(39)23(44-14)35-10-31-17-21(28)29-9-30-22(17)35/h6,9-10,12-16,18-19,23,36-39H,1-5,7-8,26H2,(H,40,41)(H2,27,32,42)(H2,28,29,30)/t12-,13-,14+,15+,16-,18+,19+,23+/m0/s1. The number of aliphatic hydroxyl groups is 4. The number of fused-ring (bicyclic) bond motifs is 1. The van der Waals surface area contributed by atoms with Gasteiger partial charge in [0.25, 0.3) is 0 Å². The van der Waals surface area contributed by atoms with Crippen LogP contribution in [0.25, 0.3) is 11.2 Å². The van der Waals surface area contributed by atoms with E-state index in [0.717, 1.165) is 0 Å². The zero-order valence-electron chi connectivity index (χ0n) is 23.5. The number of imidazole rings is 1. The van der Waals surface area contributed by atoms with Crippen molar-refractivity contribution in [1.29, 1.82) is 0 Å². The lowest BCUT2D eigenvalue weighted by Crippen LogP contribution is -2.43. The van der Waals surface area contributed by atoms with Gasteiger partial charge in [0.2, 0.25) is 0 Å². The first-order valence-corrected chi connectivity index (χ1v) is 14.0. The number of aromatic nitrogens is 6. The summed E-state index contributed by atoms with van der Waals surface area (Å²) in [7, 11) is 0. The van der Waals surface area contributed by atoms with E-state index in [-0.39, 0.29) is 50.5 Å². The first-order valence-electron chi connectivity index (χ1n) is 14.0. The van der Waals surface area contributed by atoms with Gasteiger partial charge in [-0.05, 0) is 12.8 Å². The molecule has 19 nitrogen and oxygen atoms in total. The van der Waals surface area contributed by atoms with E-state index in [0.29, 0.717) is 16.7 Å². The Morgan fingerprint density at radius 3 is 2.55 bits per heavy atom. The second kappa shape index (κ2) is 13.0. The molecule has 19 heteroatoms. The number of carbonyl (C=O) groups is 1. The second-order valence-electron chi connectivity index (χ2n) is 10.9. The van der Waals surface area contributed by atoms with Gasteiger partial charge in [0, 0.05) is 37.8 Å². The lowest BCUT2D eigenvalue weighted by atomic mass is 10.1. The van der Waals surface area contributed by atoms with Crippen molar-refractivity contribution in [2.24, 2.45) is 5.73 Å². The van der Waals surface area contributed by atoms with Crippen molar-refractivity contribution in [3.8, 4) is 0 Å². The van der Waals surface area contributed by atoms with Crippen LogP contribution < -0.4 is 22.9 Å². The zero-order valence-corrected chi connectivity index (χ0v) is 23.5. The molecule has 11 N–H and O–H groups in total. The first kappa shape index (κ1) is 31.6. The number of aliphatic carboxylic acids is 1. The van der Waals surface area contributed by atoms with Crippen molar-refractivity contribution in [2.45, 2.75) is 68.3 Å². The van der Waals surface area contributed by atoms with Crippen LogP contribution in [0.4, 0.5) is 11.6 Å². The maximum atomic E-state index is 12.6. The van der Waals surface area contributed by atoms with E-state index >= 15 is 0 Å². The van der Waals surface area contributed by atoms with Crippen molar-refractivity contribution >= 4 is 28.8 Å². The zero-order chi connectivity index (χ0) is 31.7. The smallest absolute Gasteiger partial charge is 0.351 e. The number of hydrogen-bond donors (Lipinski definition) is 8. The summed E-state index contributed by atoms with van der Waals surface area (Å²) in [6.07, 6.45) is -2.85. The van der Waals surface area contributed by atoms with Crippen LogP contribution in [0, 0.1) is 0 Å². The maximum Gasteiger partial charge on any atom is 0.351 e. The van der Waals surface area contributed by atoms with E-state index in [4.69, 9.17) is 26.7 Å². The fourth-order valence-electron chi connectivity index (χ4n) is 5.41. The molecular weight excluding hydrogens is 584 g/mol. The lowest BCUT2D eigenvalue weighted by molar-refractivity contribution is -0.138. The molecule has 240 valence electrons. The molecule has 0 saturated carbocycles. The molecule has 0 bridgehead atoms. The third-order valence-electron chi connectivity index (χ3n) is 7.96. The molecule has 3 aromatic rings. The highest BCUT2D eigenvalue weighted by atomic mass is 16.6. The molecule has 0 unspecified atom stereocenters. The number of nitrogen functional groups attached to an aromatic ring is 2. The summed E-state index contributed by atoms with van der Waals surface area (Å²) >= 11 is 0. The number of rotatable bonds is 12. The minimum atomic E-state index is -1.36. The summed E-state index contributed by atoms with van der Waals surface area (Å²) in [6, 6.07) is -1.15. The molecule has 0 spiro atoms. The Morgan fingerprint density at radius 1 is 1.07 bits per heavy atom. The van der Waals surface area contributed by atoms with Gasteiger partial charge in [-0.3, -0.25) is 13.9 Å². The van der Waals surface area contributed by atoms with Crippen LogP contribution in [0.5, 0.6) is 0 Å². The Hall–Kier alpha value is -3.82. The summed E-state index contributed by atoms with van der Waals surface area (Å²) in [5.74, 6) is -1.05. The van der Waals surface area contributed by atoms with Crippen molar-refractivity contribution in [3.63, 3.8) is 0 Å². The molecule has 2 saturated heterocycles. The second-order valence-corrected chi connectivity index (χ2v) is 10.9. The van der Waals surface area contributed by atoms with E-state index < -0.39 is 67.3 Å². The molecule has 8 atom stereocenters. The fraction of sp³-hybridized carbons (Fsp3) is 0.600. The van der Waals surface area contributed by atoms with Crippen LogP contribution in [0.15, 0.2) is 23.6 Å². The Bertz CT molecular complexity index is 1540. The van der Waals surface area contributed by atoms with Gasteiger partial charge in [-0.15, -0.1) is 0 Å². The highest BCUT2D eigenvalue weighted by Gasteiger charge is 2.45. The third-order valence-corrected chi connectivity index (χ3v) is 7.96. The normalized spacial score (nSPS) is 27.8. The number of carboxylic acid groups (broad SMARTS) is 1. The number of anilines is 2. The van der Waals surface area contributed by atoms with E-state index in [9.17, 15) is 35.1 Å². The molecule has 2 aliphatic rings. The quantitative estimate of drug-likeness (QED) is 0.0961. The van der Waals surface area contributed by atoms with Crippen LogP contribution in [-0.4, -0.2) is 128 Å². The van der Waals surface area contributed by atoms with Crippen LogP contribution in [0.2, 0.25) is 0 Å². The highest BCUT2D eigenvalue weighted by Crippen LogP contribution is 2.33. The SMILES string of the molecule is Nc1nc(=O)n([C@@H]2C[C@H](O)[C@@H](CO)O2)cc1CCN(CC[C@H](N)C(=O)O)C[C@H]1O[C@@H](n2cnc3c(N)ncnc32)[C@H](O)[C@@H]1O. The number of aliphatic hydroxyl groups excluding tert-OH is 4. The summed E-state index contributed by atoms with van der Waals surface area (Å²) in [5, 5.41) is 50.6. The van der Waals surface area contributed by atoms with Gasteiger partial charge in [-0.1, -0.05) is 0 Å². The van der Waals surface area contributed by atoms with Gasteiger partial charge in [-0.2, -0.15) is 4.98 Å². The lowest BCUT2D eigenvalue weighted by Gasteiger charge is -2.27. The molecule has 0 amide bonds. The average Bonchev–Trinajstić information content (AvgIpc) is 3.66. The van der Waals surface area contributed by atoms with E-state index in [1.54, 1.807) is 4.90 Å². The van der Waals surface area contributed by atoms with Gasteiger partial charge in [0.15, 0.2) is 17.7 Å². The van der Waals surface area contributed by atoms with Gasteiger partial charge < -0.3 is 57.1 Å². The minimum absolute atomic E-state index is 0.0217. The molecule has 2 aliphatic heterocycles. The summed E-state index contributed by atoms with van der Waals surface area (Å²) in [4.78, 5) is 41.9. The average molecular weight is 621 g/mol. The van der Waals surface area contributed by atoms with Crippen molar-refractivity contribution in [3.05, 3.63) is 34.9 Å². The molecule has 44 heavy (non-hydrogen) atoms. The summed E-state index contributed by atoms with van der Waals surface area (Å²) < 4.78 is 14.3. The fourth-order valence-corrected chi connectivity index (χ4v) is 5.41. The van der Waals surface area contributed by atoms with Crippen molar-refractivity contribution < 1.29 is 39.8 Å². The van der Waals surface area contributed by atoms with E-state index in [1.165, 1.54) is 28.0 Å². The molecule has 5 rings (SSSR count). The third kappa shape index (κ3) is 6.35. The minimum Gasteiger partial charge on any atom is -0.480 e. The number of ether oxygens (including phenoxy) is 2. The number of nitrogens with zero attached hydrogens (tertiary/aromatic N) is 7. The number of carboxylic acids is 1. The molecular formula is C25H36N10O9. The van der Waals surface area contributed by atoms with Crippen LogP contribution in [-0.2, 0) is 20.7 Å². The van der Waals surface area contributed by atoms with Crippen LogP contribution in [0.1, 0.15) is 30.9 Å².